The molecule has 0 aromatic carbocycles. The van der Waals surface area contributed by atoms with Crippen LogP contribution in [0.25, 0.3) is 0 Å². The van der Waals surface area contributed by atoms with Crippen molar-refractivity contribution in [2.24, 2.45) is 0 Å². The first kappa shape index (κ1) is 15.3. The molecule has 0 aliphatic carbocycles. The van der Waals surface area contributed by atoms with Crippen LogP contribution in [0.1, 0.15) is 19.5 Å². The second kappa shape index (κ2) is 9.57. The van der Waals surface area contributed by atoms with E-state index in [1.165, 1.54) is 0 Å². The van der Waals surface area contributed by atoms with Crippen molar-refractivity contribution in [1.29, 1.82) is 0 Å². The lowest BCUT2D eigenvalue weighted by atomic mass is 10.4. The van der Waals surface area contributed by atoms with Crippen LogP contribution in [-0.2, 0) is 20.7 Å². The molecule has 0 spiro atoms. The first-order valence-electron chi connectivity index (χ1n) is 5.42. The summed E-state index contributed by atoms with van der Waals surface area (Å²) in [7, 11) is 1.95. The third-order valence-electron chi connectivity index (χ3n) is 2.00. The first-order valence-corrected chi connectivity index (χ1v) is 5.42. The van der Waals surface area contributed by atoms with Gasteiger partial charge in [0.25, 0.3) is 6.01 Å². The Balaban J connectivity index is 0.000000770. The van der Waals surface area contributed by atoms with Gasteiger partial charge in [-0.2, -0.15) is 14.6 Å². The normalized spacial score (nSPS) is 9.12. The third-order valence-corrected chi connectivity index (χ3v) is 2.00. The van der Waals surface area contributed by atoms with E-state index in [1.54, 1.807) is 6.26 Å². The van der Waals surface area contributed by atoms with Gasteiger partial charge in [-0.3, -0.25) is 0 Å². The molecule has 0 bridgehead atoms. The Bertz CT molecular complexity index is 332. The fraction of sp³-hybridized carbons (Fsp3) is 0.636. The third kappa shape index (κ3) is 6.50. The lowest BCUT2D eigenvalue weighted by molar-refractivity contribution is -0.191. The Hall–Kier alpha value is -1.65. The minimum absolute atomic E-state index is 0.250. The van der Waals surface area contributed by atoms with Crippen LogP contribution in [0.3, 0.4) is 0 Å². The summed E-state index contributed by atoms with van der Waals surface area (Å²) in [5, 5.41) is 0. The van der Waals surface area contributed by atoms with Crippen LogP contribution in [0, 0.1) is 0 Å². The predicted molar refractivity (Wildman–Crippen MR) is 60.7 cm³/mol. The van der Waals surface area contributed by atoms with Crippen LogP contribution in [0.4, 0.5) is 6.01 Å². The van der Waals surface area contributed by atoms with Gasteiger partial charge in [0, 0.05) is 20.2 Å². The van der Waals surface area contributed by atoms with Crippen molar-refractivity contribution >= 4 is 12.2 Å². The second-order valence-electron chi connectivity index (χ2n) is 3.18. The molecule has 0 amide bonds. The molecule has 0 saturated heterocycles. The Kier molecular flexibility index (Phi) is 8.64. The largest absolute Gasteiger partial charge is 0.432 e. The Morgan fingerprint density at radius 2 is 2.12 bits per heavy atom. The molecule has 0 saturated carbocycles. The average molecular weight is 242 g/mol. The van der Waals surface area contributed by atoms with E-state index >= 15 is 0 Å². The topological polar surface area (TPSA) is 72.6 Å². The van der Waals surface area contributed by atoms with Crippen molar-refractivity contribution in [1.82, 2.24) is 4.98 Å². The van der Waals surface area contributed by atoms with E-state index < -0.39 is 0 Å². The molecule has 6 heteroatoms. The smallest absolute Gasteiger partial charge is 0.373 e. The Morgan fingerprint density at radius 3 is 2.59 bits per heavy atom. The number of hydrogen-bond acceptors (Lipinski definition) is 6. The number of carbonyl (C=O) groups excluding carboxylic acids is 2. The molecule has 0 atom stereocenters. The van der Waals surface area contributed by atoms with Crippen LogP contribution >= 0.6 is 0 Å². The molecule has 0 unspecified atom stereocenters. The van der Waals surface area contributed by atoms with E-state index in [9.17, 15) is 0 Å². The summed E-state index contributed by atoms with van der Waals surface area (Å²) in [5.74, 6) is 0. The van der Waals surface area contributed by atoms with Crippen LogP contribution in [0.2, 0.25) is 0 Å². The molecule has 0 N–H and O–H groups in total. The number of nitrogens with zero attached hydrogens (tertiary/aromatic N) is 2. The number of rotatable bonds is 6. The summed E-state index contributed by atoms with van der Waals surface area (Å²) >= 11 is 0. The average Bonchev–Trinajstić information content (AvgIpc) is 2.79. The first-order chi connectivity index (χ1) is 8.19. The summed E-state index contributed by atoms with van der Waals surface area (Å²) in [6.07, 6.45) is 2.86. The van der Waals surface area contributed by atoms with Gasteiger partial charge in [0.05, 0.1) is 12.3 Å². The molecule has 1 aromatic heterocycles. The molecule has 0 fully saturated rings. The fourth-order valence-corrected chi connectivity index (χ4v) is 1.08. The van der Waals surface area contributed by atoms with Gasteiger partial charge in [-0.15, -0.1) is 0 Å². The second-order valence-corrected chi connectivity index (χ2v) is 3.18. The summed E-state index contributed by atoms with van der Waals surface area (Å²) in [6.45, 7) is 6.30. The van der Waals surface area contributed by atoms with Crippen molar-refractivity contribution < 1.29 is 18.7 Å². The van der Waals surface area contributed by atoms with Gasteiger partial charge in [0.2, 0.25) is 0 Å². The zero-order valence-corrected chi connectivity index (χ0v) is 10.4. The number of aryl methyl sites for hydroxylation is 1. The van der Waals surface area contributed by atoms with E-state index in [0.29, 0.717) is 12.6 Å². The van der Waals surface area contributed by atoms with Gasteiger partial charge in [0.1, 0.15) is 6.26 Å². The molecule has 17 heavy (non-hydrogen) atoms. The van der Waals surface area contributed by atoms with Gasteiger partial charge in [-0.05, 0) is 13.3 Å². The van der Waals surface area contributed by atoms with Gasteiger partial charge in [-0.25, -0.2) is 0 Å². The van der Waals surface area contributed by atoms with Crippen molar-refractivity contribution in [2.75, 3.05) is 31.7 Å². The molecule has 1 heterocycles. The molecule has 6 nitrogen and oxygen atoms in total. The zero-order chi connectivity index (χ0) is 13.1. The number of aromatic nitrogens is 1. The highest BCUT2D eigenvalue weighted by Crippen LogP contribution is 2.11. The maximum atomic E-state index is 8.12. The lowest BCUT2D eigenvalue weighted by Crippen LogP contribution is -2.22. The molecule has 0 aliphatic heterocycles. The van der Waals surface area contributed by atoms with Gasteiger partial charge in [0.15, 0.2) is 0 Å². The van der Waals surface area contributed by atoms with E-state index in [1.807, 2.05) is 18.9 Å². The summed E-state index contributed by atoms with van der Waals surface area (Å²) < 4.78 is 10.6. The number of likely N-dealkylation sites (N-methyl/N-ethyl adjacent to an activating group) is 1. The van der Waals surface area contributed by atoms with Crippen molar-refractivity contribution in [3.63, 3.8) is 0 Å². The quantitative estimate of drug-likeness (QED) is 0.696. The number of ether oxygens (including phenoxy) is 1. The highest BCUT2D eigenvalue weighted by Gasteiger charge is 2.07. The molecule has 0 radical (unpaired) electrons. The maximum absolute atomic E-state index is 8.12. The number of anilines is 1. The minimum Gasteiger partial charge on any atom is -0.432 e. The number of hydrogen-bond donors (Lipinski definition) is 0. The van der Waals surface area contributed by atoms with Crippen molar-refractivity contribution in [3.8, 4) is 0 Å². The monoisotopic (exact) mass is 242 g/mol. The highest BCUT2D eigenvalue weighted by atomic mass is 16.5. The fourth-order valence-electron chi connectivity index (χ4n) is 1.08. The van der Waals surface area contributed by atoms with E-state index in [-0.39, 0.29) is 6.15 Å². The zero-order valence-electron chi connectivity index (χ0n) is 10.4. The Morgan fingerprint density at radius 1 is 1.47 bits per heavy atom. The van der Waals surface area contributed by atoms with Crippen LogP contribution in [0.5, 0.6) is 0 Å². The van der Waals surface area contributed by atoms with E-state index in [4.69, 9.17) is 18.7 Å². The van der Waals surface area contributed by atoms with E-state index in [0.717, 1.165) is 25.3 Å². The molecule has 96 valence electrons. The Labute approximate surface area is 101 Å². The van der Waals surface area contributed by atoms with Crippen LogP contribution in [0.15, 0.2) is 10.7 Å². The molecular formula is C11H18N2O4. The molecule has 0 aliphatic rings. The summed E-state index contributed by atoms with van der Waals surface area (Å²) in [6, 6.07) is 0.668. The summed E-state index contributed by atoms with van der Waals surface area (Å²) in [4.78, 5) is 22.5. The maximum Gasteiger partial charge on any atom is 0.373 e. The molecule has 1 rings (SSSR count). The highest BCUT2D eigenvalue weighted by molar-refractivity contribution is 5.24. The van der Waals surface area contributed by atoms with Crippen LogP contribution in [-0.4, -0.2) is 37.9 Å². The standard InChI is InChI=1S/C10H18N2O2.CO2/c1-4-9-8-14-10(11-9)12(3)6-7-13-5-2;2-1-3/h8H,4-7H2,1-3H3;. The predicted octanol–water partition coefficient (Wildman–Crippen LogP) is 1.13. The summed E-state index contributed by atoms with van der Waals surface area (Å²) in [5.41, 5.74) is 0.989. The lowest BCUT2D eigenvalue weighted by Gasteiger charge is -2.13. The molecular weight excluding hydrogens is 224 g/mol. The minimum atomic E-state index is 0.250. The van der Waals surface area contributed by atoms with Crippen LogP contribution < -0.4 is 4.90 Å². The van der Waals surface area contributed by atoms with Gasteiger partial charge >= 0.3 is 6.15 Å². The van der Waals surface area contributed by atoms with Gasteiger partial charge in [-0.1, -0.05) is 6.92 Å². The van der Waals surface area contributed by atoms with Crippen molar-refractivity contribution in [3.05, 3.63) is 12.0 Å². The number of oxazole rings is 1. The van der Waals surface area contributed by atoms with Gasteiger partial charge < -0.3 is 14.1 Å². The van der Waals surface area contributed by atoms with Crippen molar-refractivity contribution in [2.45, 2.75) is 20.3 Å². The molecule has 1 aromatic rings. The SMILES string of the molecule is CCOCCN(C)c1nc(CC)co1.O=C=O. The van der Waals surface area contributed by atoms with E-state index in [2.05, 4.69) is 11.9 Å².